The third kappa shape index (κ3) is 5.58. The third-order valence-corrected chi connectivity index (χ3v) is 3.40. The Balaban J connectivity index is 0.000000369. The third-order valence-electron chi connectivity index (χ3n) is 3.40. The minimum absolute atomic E-state index is 1.13. The van der Waals surface area contributed by atoms with E-state index in [9.17, 15) is 0 Å². The van der Waals surface area contributed by atoms with Gasteiger partial charge in [0.1, 0.15) is 0 Å². The Morgan fingerprint density at radius 3 is 2.24 bits per heavy atom. The highest BCUT2D eigenvalue weighted by Crippen LogP contribution is 2.24. The fraction of sp³-hybridized carbons (Fsp3) is 0.529. The van der Waals surface area contributed by atoms with Gasteiger partial charge in [0.25, 0.3) is 0 Å². The molecular weight excluding hydrogens is 260 g/mol. The van der Waals surface area contributed by atoms with Crippen LogP contribution < -0.4 is 4.90 Å². The average molecular weight is 288 g/mol. The molecule has 1 aromatic carbocycles. The van der Waals surface area contributed by atoms with E-state index in [0.717, 1.165) is 6.42 Å². The van der Waals surface area contributed by atoms with Crippen molar-refractivity contribution in [2.24, 2.45) is 0 Å². The second-order valence-electron chi connectivity index (χ2n) is 5.07. The van der Waals surface area contributed by atoms with E-state index in [1.165, 1.54) is 42.7 Å². The molecule has 0 aliphatic heterocycles. The Labute approximate surface area is 128 Å². The summed E-state index contributed by atoms with van der Waals surface area (Å²) in [5, 5.41) is 9.26. The molecule has 1 N–H and O–H groups in total. The average Bonchev–Trinajstić information content (AvgIpc) is 3.06. The van der Waals surface area contributed by atoms with E-state index >= 15 is 0 Å². The minimum Gasteiger partial charge on any atom is -0.371 e. The van der Waals surface area contributed by atoms with Crippen LogP contribution in [0.2, 0.25) is 0 Å². The molecule has 21 heavy (non-hydrogen) atoms. The summed E-state index contributed by atoms with van der Waals surface area (Å²) in [6.45, 7) is 11.3. The summed E-state index contributed by atoms with van der Waals surface area (Å²) in [6.07, 6.45) is 6.81. The molecule has 0 saturated carbocycles. The lowest BCUT2D eigenvalue weighted by molar-refractivity contribution is 0.740. The van der Waals surface area contributed by atoms with Crippen molar-refractivity contribution in [1.82, 2.24) is 15.4 Å². The molecule has 0 unspecified atom stereocenters. The zero-order valence-corrected chi connectivity index (χ0v) is 13.8. The highest BCUT2D eigenvalue weighted by molar-refractivity contribution is 5.56. The molecule has 0 aliphatic rings. The summed E-state index contributed by atoms with van der Waals surface area (Å²) in [6, 6.07) is 6.68. The fourth-order valence-electron chi connectivity index (χ4n) is 2.50. The van der Waals surface area contributed by atoms with Crippen molar-refractivity contribution in [3.8, 4) is 0 Å². The van der Waals surface area contributed by atoms with Crippen LogP contribution in [-0.4, -0.2) is 28.5 Å². The van der Waals surface area contributed by atoms with E-state index in [-0.39, 0.29) is 0 Å². The Kier molecular flexibility index (Phi) is 8.17. The van der Waals surface area contributed by atoms with Crippen LogP contribution in [0.1, 0.15) is 44.7 Å². The summed E-state index contributed by atoms with van der Waals surface area (Å²) in [7, 11) is 0. The van der Waals surface area contributed by atoms with E-state index < -0.39 is 0 Å². The van der Waals surface area contributed by atoms with Crippen LogP contribution in [0.5, 0.6) is 0 Å². The van der Waals surface area contributed by atoms with E-state index in [0.29, 0.717) is 0 Å². The number of nitrogens with one attached hydrogen (secondary N) is 1. The van der Waals surface area contributed by atoms with Crippen molar-refractivity contribution in [2.45, 2.75) is 47.0 Å². The summed E-state index contributed by atoms with van der Waals surface area (Å²) in [5.74, 6) is 0. The van der Waals surface area contributed by atoms with Gasteiger partial charge >= 0.3 is 0 Å². The topological polar surface area (TPSA) is 44.8 Å². The fourth-order valence-corrected chi connectivity index (χ4v) is 2.50. The van der Waals surface area contributed by atoms with Crippen LogP contribution >= 0.6 is 0 Å². The molecule has 0 spiro atoms. The number of aromatic amines is 1. The van der Waals surface area contributed by atoms with E-state index in [4.69, 9.17) is 0 Å². The number of anilines is 1. The van der Waals surface area contributed by atoms with E-state index in [1.54, 1.807) is 12.4 Å². The molecular formula is C17H28N4. The van der Waals surface area contributed by atoms with Gasteiger partial charge in [-0.1, -0.05) is 38.1 Å². The molecule has 2 aromatic rings. The lowest BCUT2D eigenvalue weighted by Crippen LogP contribution is -2.26. The number of hydrogen-bond acceptors (Lipinski definition) is 3. The maximum Gasteiger partial charge on any atom is 0.0690 e. The van der Waals surface area contributed by atoms with Gasteiger partial charge in [-0.15, -0.1) is 5.10 Å². The predicted molar refractivity (Wildman–Crippen MR) is 89.7 cm³/mol. The zero-order valence-electron chi connectivity index (χ0n) is 13.8. The first kappa shape index (κ1) is 17.2. The molecule has 0 atom stereocenters. The molecule has 0 saturated heterocycles. The number of benzene rings is 1. The molecule has 0 aliphatic carbocycles. The highest BCUT2D eigenvalue weighted by Gasteiger charge is 2.10. The summed E-state index contributed by atoms with van der Waals surface area (Å²) >= 11 is 0. The highest BCUT2D eigenvalue weighted by atomic mass is 15.3. The Bertz CT molecular complexity index is 456. The molecule has 0 bridgehead atoms. The van der Waals surface area contributed by atoms with Crippen LogP contribution in [0.15, 0.2) is 30.6 Å². The molecule has 4 nitrogen and oxygen atoms in total. The van der Waals surface area contributed by atoms with Crippen LogP contribution in [-0.2, 0) is 6.42 Å². The Morgan fingerprint density at radius 2 is 1.81 bits per heavy atom. The van der Waals surface area contributed by atoms with Gasteiger partial charge in [0.2, 0.25) is 0 Å². The number of hydrogen-bond donors (Lipinski definition) is 1. The number of aromatic nitrogens is 3. The molecule has 1 heterocycles. The number of aryl methyl sites for hydroxylation is 1. The molecule has 116 valence electrons. The maximum absolute atomic E-state index is 3.42. The number of H-pyrrole nitrogens is 1. The number of nitrogens with zero attached hydrogens (tertiary/aromatic N) is 3. The van der Waals surface area contributed by atoms with Crippen molar-refractivity contribution in [1.29, 1.82) is 0 Å². The Morgan fingerprint density at radius 1 is 1.10 bits per heavy atom. The molecule has 4 heteroatoms. The van der Waals surface area contributed by atoms with Crippen molar-refractivity contribution >= 4 is 5.69 Å². The van der Waals surface area contributed by atoms with Gasteiger partial charge in [0, 0.05) is 25.0 Å². The van der Waals surface area contributed by atoms with Gasteiger partial charge in [-0.2, -0.15) is 0 Å². The molecule has 2 rings (SSSR count). The SMILES string of the molecule is CCCN(CCC)c1cccc(C)c1CC.c1c[nH]nn1. The van der Waals surface area contributed by atoms with Crippen molar-refractivity contribution in [2.75, 3.05) is 18.0 Å². The van der Waals surface area contributed by atoms with Gasteiger partial charge in [0.15, 0.2) is 0 Å². The van der Waals surface area contributed by atoms with Gasteiger partial charge < -0.3 is 4.90 Å². The smallest absolute Gasteiger partial charge is 0.0690 e. The summed E-state index contributed by atoms with van der Waals surface area (Å²) in [5.41, 5.74) is 4.40. The standard InChI is InChI=1S/C15H25N.C2H3N3/c1-5-11-16(12-6-2)15-10-8-9-13(4)14(15)7-3;1-2-4-5-3-1/h8-10H,5-7,11-12H2,1-4H3;1-2H,(H,3,4,5). The maximum atomic E-state index is 3.42. The quantitative estimate of drug-likeness (QED) is 0.874. The van der Waals surface area contributed by atoms with Gasteiger partial charge in [-0.25, -0.2) is 0 Å². The van der Waals surface area contributed by atoms with Crippen molar-refractivity contribution in [3.63, 3.8) is 0 Å². The van der Waals surface area contributed by atoms with Crippen LogP contribution in [0.3, 0.4) is 0 Å². The predicted octanol–water partition coefficient (Wildman–Crippen LogP) is 3.99. The molecule has 0 fully saturated rings. The van der Waals surface area contributed by atoms with Gasteiger partial charge in [-0.05, 0) is 43.4 Å². The first-order chi connectivity index (χ1) is 10.2. The lowest BCUT2D eigenvalue weighted by atomic mass is 10.0. The monoisotopic (exact) mass is 288 g/mol. The van der Waals surface area contributed by atoms with Crippen LogP contribution in [0.4, 0.5) is 5.69 Å². The minimum atomic E-state index is 1.13. The van der Waals surface area contributed by atoms with Gasteiger partial charge in [0.05, 0.1) is 6.20 Å². The van der Waals surface area contributed by atoms with Gasteiger partial charge in [-0.3, -0.25) is 5.10 Å². The number of rotatable bonds is 6. The lowest BCUT2D eigenvalue weighted by Gasteiger charge is -2.27. The zero-order chi connectivity index (χ0) is 15.5. The first-order valence-corrected chi connectivity index (χ1v) is 7.88. The van der Waals surface area contributed by atoms with Crippen molar-refractivity contribution < 1.29 is 0 Å². The second-order valence-corrected chi connectivity index (χ2v) is 5.07. The second kappa shape index (κ2) is 9.97. The Hall–Kier alpha value is -1.84. The van der Waals surface area contributed by atoms with Crippen molar-refractivity contribution in [3.05, 3.63) is 41.7 Å². The van der Waals surface area contributed by atoms with E-state index in [1.807, 2.05) is 0 Å². The summed E-state index contributed by atoms with van der Waals surface area (Å²) < 4.78 is 0. The van der Waals surface area contributed by atoms with E-state index in [2.05, 4.69) is 66.2 Å². The van der Waals surface area contributed by atoms with Crippen LogP contribution in [0, 0.1) is 6.92 Å². The molecule has 0 amide bonds. The molecule has 1 aromatic heterocycles. The largest absolute Gasteiger partial charge is 0.371 e. The van der Waals surface area contributed by atoms with Crippen LogP contribution in [0.25, 0.3) is 0 Å². The normalized spacial score (nSPS) is 9.90. The molecule has 0 radical (unpaired) electrons. The first-order valence-electron chi connectivity index (χ1n) is 7.88. The summed E-state index contributed by atoms with van der Waals surface area (Å²) in [4.78, 5) is 2.53.